The molecule has 4 rings (SSSR count). The molecule has 0 bridgehead atoms. The first-order chi connectivity index (χ1) is 43.6. The van der Waals surface area contributed by atoms with Gasteiger partial charge in [-0.25, -0.2) is 30.7 Å². The van der Waals surface area contributed by atoms with Crippen molar-refractivity contribution in [1.29, 1.82) is 0 Å². The third-order valence-electron chi connectivity index (χ3n) is 11.1. The van der Waals surface area contributed by atoms with Crippen LogP contribution >= 0.6 is 0 Å². The average molecular weight is 1420 g/mol. The second-order valence-corrected chi connectivity index (χ2v) is 23.1. The molecule has 3 fully saturated rings. The highest BCUT2D eigenvalue weighted by Crippen LogP contribution is 2.13. The summed E-state index contributed by atoms with van der Waals surface area (Å²) in [6.07, 6.45) is 10.3. The van der Waals surface area contributed by atoms with Crippen LogP contribution in [-0.2, 0) is 93.0 Å². The molecule has 93 heavy (non-hydrogen) atoms. The van der Waals surface area contributed by atoms with Gasteiger partial charge in [-0.05, 0) is 117 Å². The Hall–Kier alpha value is -2.62. The van der Waals surface area contributed by atoms with Crippen LogP contribution in [0.15, 0.2) is 24.5 Å². The van der Waals surface area contributed by atoms with Gasteiger partial charge in [0.2, 0.25) is 20.0 Å². The highest BCUT2D eigenvalue weighted by atomic mass is 32.2. The third-order valence-corrected chi connectivity index (χ3v) is 13.2. The minimum Gasteiger partial charge on any atom is -0.463 e. The lowest BCUT2D eigenvalue weighted by molar-refractivity contribution is -0.311. The van der Waals surface area contributed by atoms with E-state index in [2.05, 4.69) is 71.7 Å². The van der Waals surface area contributed by atoms with Crippen molar-refractivity contribution in [3.63, 3.8) is 0 Å². The number of pyridine rings is 1. The number of carbonyl (C=O) groups is 1. The molecule has 25 nitrogen and oxygen atoms in total. The number of sulfonamides is 2. The van der Waals surface area contributed by atoms with Gasteiger partial charge in [-0.2, -0.15) is 8.78 Å². The summed E-state index contributed by atoms with van der Waals surface area (Å²) in [5.41, 5.74) is 1.11. The van der Waals surface area contributed by atoms with Gasteiger partial charge < -0.3 is 71.5 Å². The van der Waals surface area contributed by atoms with E-state index in [1.807, 2.05) is 12.1 Å². The first kappa shape index (κ1) is 109. The maximum absolute atomic E-state index is 10.9. The van der Waals surface area contributed by atoms with Gasteiger partial charge in [-0.15, -0.1) is 13.2 Å². The molecule has 0 aromatic carbocycles. The number of nitrogens with one attached hydrogen (secondary N) is 2. The molecular formula is C60H131F6N7O18S2. The minimum absolute atomic E-state index is 0. The molecular weight excluding hydrogens is 1280 g/mol. The fraction of sp³-hybridized carbons (Fsp3) is 0.900. The lowest BCUT2D eigenvalue weighted by Gasteiger charge is -2.26. The van der Waals surface area contributed by atoms with Crippen LogP contribution in [0.4, 0.5) is 26.3 Å². The van der Waals surface area contributed by atoms with E-state index in [-0.39, 0.29) is 32.4 Å². The van der Waals surface area contributed by atoms with Crippen LogP contribution < -0.4 is 9.44 Å². The number of halogens is 6. The first-order valence-corrected chi connectivity index (χ1v) is 33.8. The van der Waals surface area contributed by atoms with Crippen LogP contribution in [0, 0.1) is 0 Å². The van der Waals surface area contributed by atoms with Crippen LogP contribution in [-0.4, -0.2) is 323 Å². The molecule has 0 amide bonds. The van der Waals surface area contributed by atoms with Gasteiger partial charge in [0, 0.05) is 170 Å². The fourth-order valence-electron chi connectivity index (χ4n) is 6.10. The number of methoxy groups -OCH3 is 11. The van der Waals surface area contributed by atoms with Gasteiger partial charge in [-0.3, -0.25) is 19.4 Å². The largest absolute Gasteiger partial charge is 0.522 e. The van der Waals surface area contributed by atoms with E-state index in [0.29, 0.717) is 26.9 Å². The number of likely N-dealkylation sites (tertiary alicyclic amines) is 2. The molecule has 0 aliphatic carbocycles. The number of hydrogen-bond donors (Lipinski definition) is 2. The molecule has 0 atom stereocenters. The molecule has 3 aliphatic heterocycles. The number of carbonyl (C=O) groups excluding carboxylic acids is 1. The summed E-state index contributed by atoms with van der Waals surface area (Å²) in [6, 6.07) is 3.88. The van der Waals surface area contributed by atoms with Gasteiger partial charge >= 0.3 is 18.9 Å². The molecule has 0 radical (unpaired) electrons. The van der Waals surface area contributed by atoms with Gasteiger partial charge in [0.25, 0.3) is 0 Å². The quantitative estimate of drug-likeness (QED) is 0.0422. The fourth-order valence-corrected chi connectivity index (χ4v) is 6.39. The molecule has 0 spiro atoms. The van der Waals surface area contributed by atoms with E-state index < -0.39 is 33.0 Å². The highest BCUT2D eigenvalue weighted by molar-refractivity contribution is 7.89. The summed E-state index contributed by atoms with van der Waals surface area (Å²) in [4.78, 5) is 23.6. The predicted octanol–water partition coefficient (Wildman–Crippen LogP) is 7.24. The molecule has 4 heterocycles. The monoisotopic (exact) mass is 1420 g/mol. The van der Waals surface area contributed by atoms with E-state index in [9.17, 15) is 48.0 Å². The Morgan fingerprint density at radius 1 is 0.634 bits per heavy atom. The lowest BCUT2D eigenvalue weighted by atomic mass is 10.3. The maximum atomic E-state index is 10.9. The average Bonchev–Trinajstić information content (AvgIpc) is 4.54. The topological polar surface area (TPSA) is 255 Å². The third kappa shape index (κ3) is 117. The normalized spacial score (nSPS) is 13.4. The molecule has 3 aliphatic rings. The van der Waals surface area contributed by atoms with Crippen molar-refractivity contribution < 1.29 is 110 Å². The molecule has 1 aromatic heterocycles. The number of rotatable bonds is 31. The summed E-state index contributed by atoms with van der Waals surface area (Å²) < 4.78 is 168. The minimum atomic E-state index is -4.46. The van der Waals surface area contributed by atoms with E-state index in [4.69, 9.17) is 37.9 Å². The van der Waals surface area contributed by atoms with Gasteiger partial charge in [0.1, 0.15) is 13.3 Å². The Bertz CT molecular complexity index is 1730. The van der Waals surface area contributed by atoms with Crippen LogP contribution in [0.5, 0.6) is 0 Å². The number of hydrogen-bond acceptors (Lipinski definition) is 23. The summed E-state index contributed by atoms with van der Waals surface area (Å²) in [7, 11) is 15.7. The standard InChI is InChI=1S/C8H17NO2.C8H19NO2.C8H17NO.C7H9NO.C7H15NO.C5H10O3.C4H10O.C3H7FO.C3H9NO2S.C2H3F3O.C2H4F2O.C2H7NO2S.CH4/c1-10-6-2-3-9-4-7-11-8-5-9;1-9(6-8-11-3)5-4-7-10-2;1-10-8-4-7-9-5-2-3-6-9;1-9-6-7-3-2-4-8-5-7;1-9-7-6-8-4-2-3-5-8;1-5(6)8-4-3-7-2;1-3-4-5-2;1-5-3-2-4;1-3-7(5,6)4-2;1-6-2(3,4)5;1-5-2(3)4;1-3-6(2,4)5;/h2-8H2,1H3;4-8H2,1-3H3;2-8H2,1H3;2-5H,6H2,1H3;2-7H2,1H3;3-4H2,1-2H3;3-4H2,1-2H3;2-3H2,1H3;4H,3H2,1-2H3;1H3;2H,1H3;3H,1-2H3;1H4. The van der Waals surface area contributed by atoms with E-state index in [1.165, 1.54) is 93.0 Å². The van der Waals surface area contributed by atoms with Crippen molar-refractivity contribution in [2.24, 2.45) is 0 Å². The number of aromatic nitrogens is 1. The number of nitrogens with zero attached hydrogens (tertiary/aromatic N) is 5. The van der Waals surface area contributed by atoms with E-state index in [1.54, 1.807) is 76.2 Å². The zero-order valence-electron chi connectivity index (χ0n) is 59.4. The second-order valence-electron chi connectivity index (χ2n) is 18.9. The Kier molecular flexibility index (Phi) is 102. The van der Waals surface area contributed by atoms with Crippen molar-refractivity contribution in [3.05, 3.63) is 30.1 Å². The summed E-state index contributed by atoms with van der Waals surface area (Å²) in [5, 5.41) is 0. The Balaban J connectivity index is -0.000000119. The van der Waals surface area contributed by atoms with E-state index >= 15 is 0 Å². The number of morpholine rings is 1. The maximum Gasteiger partial charge on any atom is 0.522 e. The molecule has 0 unspecified atom stereocenters. The summed E-state index contributed by atoms with van der Waals surface area (Å²) >= 11 is 0. The van der Waals surface area contributed by atoms with Gasteiger partial charge in [-0.1, -0.05) is 20.4 Å². The highest BCUT2D eigenvalue weighted by Gasteiger charge is 2.26. The molecule has 3 saturated heterocycles. The Labute approximate surface area is 559 Å². The SMILES string of the molecule is C.CCCOC.CCS(=O)(=O)NC.CNS(C)(=O)=O.COC(F)(F)F.COC(F)F.COCCCN(C)CCOC.COCCCN1CCCC1.COCCCN1CCOCC1.COCCF.COCCN1CCCC1.COCCOC(C)=O.COCc1cccnc1. The molecule has 2 N–H and O–H groups in total. The Morgan fingerprint density at radius 3 is 1.34 bits per heavy atom. The molecule has 33 heteroatoms. The van der Waals surface area contributed by atoms with Crippen LogP contribution in [0.2, 0.25) is 0 Å². The van der Waals surface area contributed by atoms with E-state index in [0.717, 1.165) is 130 Å². The Morgan fingerprint density at radius 2 is 1.05 bits per heavy atom. The number of alkyl halides is 6. The lowest BCUT2D eigenvalue weighted by Crippen LogP contribution is -2.37. The molecule has 568 valence electrons. The molecule has 1 aromatic rings. The number of esters is 1. The van der Waals surface area contributed by atoms with Crippen molar-refractivity contribution in [2.75, 3.05) is 263 Å². The van der Waals surface area contributed by atoms with Gasteiger partial charge in [0.15, 0.2) is 0 Å². The number of likely N-dealkylation sites (N-methyl/N-ethyl adjacent to an activating group) is 1. The number of ether oxygens (including phenoxy) is 13. The second kappa shape index (κ2) is 87.4. The smallest absolute Gasteiger partial charge is 0.463 e. The van der Waals surface area contributed by atoms with Gasteiger partial charge in [0.05, 0.1) is 58.3 Å². The van der Waals surface area contributed by atoms with Crippen LogP contribution in [0.25, 0.3) is 0 Å². The van der Waals surface area contributed by atoms with Crippen molar-refractivity contribution in [1.82, 2.24) is 34.0 Å². The molecule has 0 saturated carbocycles. The summed E-state index contributed by atoms with van der Waals surface area (Å²) in [6.45, 7) is 23.7. The van der Waals surface area contributed by atoms with Crippen molar-refractivity contribution >= 4 is 26.0 Å². The van der Waals surface area contributed by atoms with Crippen molar-refractivity contribution in [2.45, 2.75) is 99.1 Å². The van der Waals surface area contributed by atoms with Crippen LogP contribution in [0.1, 0.15) is 85.1 Å². The summed E-state index contributed by atoms with van der Waals surface area (Å²) in [5.74, 6) is -0.106. The first-order valence-electron chi connectivity index (χ1n) is 30.3. The zero-order chi connectivity index (χ0) is 72.0. The zero-order valence-corrected chi connectivity index (χ0v) is 61.0. The predicted molar refractivity (Wildman–Crippen MR) is 358 cm³/mol. The van der Waals surface area contributed by atoms with Crippen molar-refractivity contribution in [3.8, 4) is 0 Å². The van der Waals surface area contributed by atoms with Crippen LogP contribution in [0.3, 0.4) is 0 Å².